The second kappa shape index (κ2) is 6.22. The Bertz CT molecular complexity index is 1190. The molecule has 5 heteroatoms. The normalized spacial score (nSPS) is 18.0. The SMILES string of the molecule is NC1(c2ccc(-c3nc4nc(C5CC5)nn4cc3-c3ccccc3)cc2)CCC1. The monoisotopic (exact) mass is 381 g/mol. The molecule has 4 aromatic rings. The van der Waals surface area contributed by atoms with Crippen LogP contribution in [0.4, 0.5) is 0 Å². The van der Waals surface area contributed by atoms with Crippen LogP contribution in [-0.2, 0) is 5.54 Å². The molecule has 0 aliphatic heterocycles. The van der Waals surface area contributed by atoms with Crippen LogP contribution in [0.1, 0.15) is 49.4 Å². The summed E-state index contributed by atoms with van der Waals surface area (Å²) < 4.78 is 1.83. The summed E-state index contributed by atoms with van der Waals surface area (Å²) in [5.74, 6) is 2.09. The second-order valence-electron chi connectivity index (χ2n) is 8.45. The van der Waals surface area contributed by atoms with Crippen molar-refractivity contribution >= 4 is 5.78 Å². The fourth-order valence-corrected chi connectivity index (χ4v) is 4.21. The largest absolute Gasteiger partial charge is 0.321 e. The number of rotatable bonds is 4. The van der Waals surface area contributed by atoms with Crippen molar-refractivity contribution in [2.45, 2.75) is 43.6 Å². The first-order chi connectivity index (χ1) is 14.2. The number of hydrogen-bond donors (Lipinski definition) is 1. The van der Waals surface area contributed by atoms with Crippen LogP contribution in [0.15, 0.2) is 60.8 Å². The average molecular weight is 381 g/mol. The van der Waals surface area contributed by atoms with Gasteiger partial charge in [0.15, 0.2) is 5.82 Å². The molecule has 29 heavy (non-hydrogen) atoms. The van der Waals surface area contributed by atoms with Gasteiger partial charge in [0.2, 0.25) is 0 Å². The van der Waals surface area contributed by atoms with E-state index in [0.717, 1.165) is 41.1 Å². The maximum absolute atomic E-state index is 6.51. The Balaban J connectivity index is 1.50. The molecule has 0 radical (unpaired) electrons. The van der Waals surface area contributed by atoms with Crippen LogP contribution in [0.2, 0.25) is 0 Å². The molecule has 5 nitrogen and oxygen atoms in total. The molecule has 144 valence electrons. The molecule has 2 aromatic heterocycles. The first-order valence-corrected chi connectivity index (χ1v) is 10.4. The van der Waals surface area contributed by atoms with E-state index in [1.54, 1.807) is 0 Å². The van der Waals surface area contributed by atoms with Gasteiger partial charge in [0, 0.05) is 28.8 Å². The summed E-state index contributed by atoms with van der Waals surface area (Å²) in [5.41, 5.74) is 11.8. The van der Waals surface area contributed by atoms with Gasteiger partial charge in [-0.15, -0.1) is 5.10 Å². The van der Waals surface area contributed by atoms with Crippen LogP contribution in [-0.4, -0.2) is 19.6 Å². The van der Waals surface area contributed by atoms with Gasteiger partial charge in [0.05, 0.1) is 5.69 Å². The fraction of sp³-hybridized carbons (Fsp3) is 0.292. The van der Waals surface area contributed by atoms with Crippen molar-refractivity contribution < 1.29 is 0 Å². The maximum atomic E-state index is 6.51. The first kappa shape index (κ1) is 16.9. The lowest BCUT2D eigenvalue weighted by Gasteiger charge is -2.38. The summed E-state index contributed by atoms with van der Waals surface area (Å²) in [6, 6.07) is 19.0. The number of fused-ring (bicyclic) bond motifs is 1. The molecule has 2 N–H and O–H groups in total. The molecule has 2 fully saturated rings. The Kier molecular flexibility index (Phi) is 3.62. The third-order valence-corrected chi connectivity index (χ3v) is 6.35. The molecule has 2 aliphatic carbocycles. The standard InChI is InChI=1S/C24H23N5/c25-24(13-4-14-24)19-11-9-17(10-12-19)21-20(16-5-2-1-3-6-16)15-29-23(26-21)27-22(28-29)18-7-8-18/h1-3,5-6,9-12,15,18H,4,7-8,13-14,25H2. The Labute approximate surface area is 169 Å². The topological polar surface area (TPSA) is 69.1 Å². The highest BCUT2D eigenvalue weighted by Gasteiger charge is 2.34. The Morgan fingerprint density at radius 3 is 2.31 bits per heavy atom. The van der Waals surface area contributed by atoms with Crippen LogP contribution in [0.25, 0.3) is 28.2 Å². The molecule has 2 aromatic carbocycles. The highest BCUT2D eigenvalue weighted by molar-refractivity contribution is 5.81. The van der Waals surface area contributed by atoms with Gasteiger partial charge in [-0.2, -0.15) is 4.98 Å². The highest BCUT2D eigenvalue weighted by Crippen LogP contribution is 2.40. The zero-order valence-corrected chi connectivity index (χ0v) is 16.3. The first-order valence-electron chi connectivity index (χ1n) is 10.4. The van der Waals surface area contributed by atoms with Gasteiger partial charge >= 0.3 is 0 Å². The van der Waals surface area contributed by atoms with Crippen LogP contribution < -0.4 is 5.73 Å². The zero-order chi connectivity index (χ0) is 19.4. The zero-order valence-electron chi connectivity index (χ0n) is 16.3. The smallest absolute Gasteiger partial charge is 0.253 e. The van der Waals surface area contributed by atoms with Crippen molar-refractivity contribution in [2.24, 2.45) is 5.73 Å². The average Bonchev–Trinajstić information content (AvgIpc) is 3.51. The van der Waals surface area contributed by atoms with E-state index in [2.05, 4.69) is 59.8 Å². The van der Waals surface area contributed by atoms with Gasteiger partial charge in [-0.3, -0.25) is 0 Å². The molecule has 0 saturated heterocycles. The lowest BCUT2D eigenvalue weighted by atomic mass is 9.72. The molecule has 0 atom stereocenters. The summed E-state index contributed by atoms with van der Waals surface area (Å²) in [6.07, 6.45) is 7.77. The molecule has 6 rings (SSSR count). The van der Waals surface area contributed by atoms with Crippen molar-refractivity contribution in [2.75, 3.05) is 0 Å². The van der Waals surface area contributed by atoms with Gasteiger partial charge < -0.3 is 5.73 Å². The fourth-order valence-electron chi connectivity index (χ4n) is 4.21. The van der Waals surface area contributed by atoms with Crippen molar-refractivity contribution in [1.29, 1.82) is 0 Å². The van der Waals surface area contributed by atoms with E-state index < -0.39 is 0 Å². The predicted molar refractivity (Wildman–Crippen MR) is 113 cm³/mol. The van der Waals surface area contributed by atoms with Crippen LogP contribution >= 0.6 is 0 Å². The Hall–Kier alpha value is -3.05. The summed E-state index contributed by atoms with van der Waals surface area (Å²) in [7, 11) is 0. The van der Waals surface area contributed by atoms with E-state index in [1.165, 1.54) is 24.8 Å². The molecule has 0 bridgehead atoms. The van der Waals surface area contributed by atoms with Gasteiger partial charge in [-0.05, 0) is 43.2 Å². The van der Waals surface area contributed by atoms with Gasteiger partial charge in [-0.25, -0.2) is 9.50 Å². The van der Waals surface area contributed by atoms with E-state index in [4.69, 9.17) is 15.7 Å². The van der Waals surface area contributed by atoms with E-state index in [9.17, 15) is 0 Å². The van der Waals surface area contributed by atoms with E-state index in [-0.39, 0.29) is 5.54 Å². The lowest BCUT2D eigenvalue weighted by Crippen LogP contribution is -2.43. The van der Waals surface area contributed by atoms with Gasteiger partial charge in [-0.1, -0.05) is 54.6 Å². The minimum absolute atomic E-state index is 0.148. The van der Waals surface area contributed by atoms with E-state index in [1.807, 2.05) is 10.6 Å². The number of aromatic nitrogens is 4. The third kappa shape index (κ3) is 2.85. The third-order valence-electron chi connectivity index (χ3n) is 6.35. The van der Waals surface area contributed by atoms with Gasteiger partial charge in [0.25, 0.3) is 5.78 Å². The number of nitrogens with zero attached hydrogens (tertiary/aromatic N) is 4. The minimum Gasteiger partial charge on any atom is -0.321 e. The van der Waals surface area contributed by atoms with E-state index >= 15 is 0 Å². The molecular weight excluding hydrogens is 358 g/mol. The van der Waals surface area contributed by atoms with Crippen LogP contribution in [0, 0.1) is 0 Å². The summed E-state index contributed by atoms with van der Waals surface area (Å²) in [6.45, 7) is 0. The van der Waals surface area contributed by atoms with Crippen LogP contribution in [0.3, 0.4) is 0 Å². The summed E-state index contributed by atoms with van der Waals surface area (Å²) >= 11 is 0. The number of benzene rings is 2. The molecular formula is C24H23N5. The van der Waals surface area contributed by atoms with Crippen molar-refractivity contribution in [3.8, 4) is 22.4 Å². The van der Waals surface area contributed by atoms with Crippen molar-refractivity contribution in [3.05, 3.63) is 72.2 Å². The summed E-state index contributed by atoms with van der Waals surface area (Å²) in [5, 5.41) is 4.69. The molecule has 2 heterocycles. The molecule has 0 amide bonds. The summed E-state index contributed by atoms with van der Waals surface area (Å²) in [4.78, 5) is 9.63. The molecule has 2 saturated carbocycles. The molecule has 0 unspecified atom stereocenters. The minimum atomic E-state index is -0.148. The van der Waals surface area contributed by atoms with Gasteiger partial charge in [0.1, 0.15) is 0 Å². The Morgan fingerprint density at radius 1 is 0.897 bits per heavy atom. The van der Waals surface area contributed by atoms with Crippen molar-refractivity contribution in [1.82, 2.24) is 19.6 Å². The quantitative estimate of drug-likeness (QED) is 0.557. The highest BCUT2D eigenvalue weighted by atomic mass is 15.3. The Morgan fingerprint density at radius 2 is 1.66 bits per heavy atom. The molecule has 2 aliphatic rings. The lowest BCUT2D eigenvalue weighted by molar-refractivity contribution is 0.253. The van der Waals surface area contributed by atoms with Crippen molar-refractivity contribution in [3.63, 3.8) is 0 Å². The molecule has 0 spiro atoms. The number of nitrogens with two attached hydrogens (primary N) is 1. The number of hydrogen-bond acceptors (Lipinski definition) is 4. The van der Waals surface area contributed by atoms with Crippen LogP contribution in [0.5, 0.6) is 0 Å². The van der Waals surface area contributed by atoms with E-state index in [0.29, 0.717) is 11.7 Å². The predicted octanol–water partition coefficient (Wildman–Crippen LogP) is 4.67. The maximum Gasteiger partial charge on any atom is 0.253 e. The second-order valence-corrected chi connectivity index (χ2v) is 8.45.